The summed E-state index contributed by atoms with van der Waals surface area (Å²) in [5.74, 6) is 1.57. The Hall–Kier alpha value is -7.68. The van der Waals surface area contributed by atoms with E-state index in [0.717, 1.165) is 140 Å². The molecule has 2 aromatic carbocycles. The summed E-state index contributed by atoms with van der Waals surface area (Å²) in [6.45, 7) is 3.76. The molecule has 2 aliphatic heterocycles. The fourth-order valence-corrected chi connectivity index (χ4v) is 9.56. The first kappa shape index (κ1) is 37.1. The van der Waals surface area contributed by atoms with Gasteiger partial charge in [0.2, 0.25) is 0 Å². The molecule has 15 heteroatoms. The lowest BCUT2D eigenvalue weighted by molar-refractivity contribution is 0.505. The van der Waals surface area contributed by atoms with E-state index in [9.17, 15) is 0 Å². The molecule has 8 aromatic heterocycles. The molecule has 12 rings (SSSR count). The molecule has 15 nitrogen and oxygen atoms in total. The summed E-state index contributed by atoms with van der Waals surface area (Å²) in [5, 5.41) is 18.2. The van der Waals surface area contributed by atoms with Crippen molar-refractivity contribution in [2.24, 2.45) is 0 Å². The van der Waals surface area contributed by atoms with Gasteiger partial charge in [-0.15, -0.1) is 0 Å². The van der Waals surface area contributed by atoms with Crippen LogP contribution in [0.5, 0.6) is 0 Å². The number of aromatic amines is 4. The van der Waals surface area contributed by atoms with Crippen LogP contribution >= 0.6 is 0 Å². The average Bonchev–Trinajstić information content (AvgIpc) is 4.16. The largest absolute Gasteiger partial charge is 0.376 e. The Labute approximate surface area is 362 Å². The van der Waals surface area contributed by atoms with Crippen molar-refractivity contribution in [1.29, 1.82) is 0 Å². The van der Waals surface area contributed by atoms with Crippen LogP contribution in [0.4, 0.5) is 17.1 Å². The third-order valence-corrected chi connectivity index (χ3v) is 12.8. The monoisotopic (exact) mass is 831 g/mol. The molecule has 2 fully saturated rings. The van der Waals surface area contributed by atoms with Crippen molar-refractivity contribution >= 4 is 60.9 Å². The predicted molar refractivity (Wildman–Crippen MR) is 249 cm³/mol. The van der Waals surface area contributed by atoms with Crippen LogP contribution in [-0.2, 0) is 0 Å². The molecule has 1 atom stereocenters. The second kappa shape index (κ2) is 15.0. The van der Waals surface area contributed by atoms with Crippen molar-refractivity contribution < 1.29 is 0 Å². The van der Waals surface area contributed by atoms with E-state index >= 15 is 0 Å². The van der Waals surface area contributed by atoms with Gasteiger partial charge in [-0.3, -0.25) is 30.1 Å². The lowest BCUT2D eigenvalue weighted by atomic mass is 9.92. The first-order valence-electron chi connectivity index (χ1n) is 21.8. The molecule has 0 radical (unpaired) electrons. The Bertz CT molecular complexity index is 3300. The number of fused-ring (bicyclic) bond motifs is 4. The number of piperidine rings is 2. The zero-order valence-electron chi connectivity index (χ0n) is 35.1. The highest BCUT2D eigenvalue weighted by Crippen LogP contribution is 2.40. The van der Waals surface area contributed by atoms with Gasteiger partial charge in [0.1, 0.15) is 27.9 Å². The first-order valence-corrected chi connectivity index (χ1v) is 21.8. The van der Waals surface area contributed by atoms with E-state index in [1.807, 2.05) is 49.8 Å². The Morgan fingerprint density at radius 1 is 0.619 bits per heavy atom. The number of hydrogen-bond acceptors (Lipinski definition) is 11. The third-order valence-electron chi connectivity index (χ3n) is 12.8. The molecule has 0 spiro atoms. The van der Waals surface area contributed by atoms with Gasteiger partial charge in [0.25, 0.3) is 0 Å². The topological polar surface area (TPSA) is 176 Å². The van der Waals surface area contributed by atoms with E-state index in [1.165, 1.54) is 24.9 Å². The minimum absolute atomic E-state index is 0.103. The summed E-state index contributed by atoms with van der Waals surface area (Å²) in [7, 11) is 4.01. The van der Waals surface area contributed by atoms with Crippen LogP contribution in [0.2, 0.25) is 0 Å². The third kappa shape index (κ3) is 6.49. The number of imidazole rings is 2. The summed E-state index contributed by atoms with van der Waals surface area (Å²) in [5.41, 5.74) is 14.9. The number of H-pyrrole nitrogens is 4. The smallest absolute Gasteiger partial charge is 0.159 e. The number of nitrogens with one attached hydrogen (secondary N) is 4. The number of nitrogens with zero attached hydrogens (tertiary/aromatic N) is 11. The maximum absolute atomic E-state index is 5.39. The predicted octanol–water partition coefficient (Wildman–Crippen LogP) is 8.88. The summed E-state index contributed by atoms with van der Waals surface area (Å²) >= 11 is 0. The minimum atomic E-state index is 0.103. The quantitative estimate of drug-likeness (QED) is 0.115. The summed E-state index contributed by atoms with van der Waals surface area (Å²) in [4.78, 5) is 43.7. The highest BCUT2D eigenvalue weighted by molar-refractivity contribution is 5.99. The maximum atomic E-state index is 5.39. The van der Waals surface area contributed by atoms with Crippen LogP contribution in [0.1, 0.15) is 43.7 Å². The fraction of sp³-hybridized carbons (Fsp3) is 0.250. The maximum Gasteiger partial charge on any atom is 0.159 e. The van der Waals surface area contributed by atoms with Crippen molar-refractivity contribution in [2.75, 3.05) is 55.0 Å². The number of rotatable bonds is 8. The van der Waals surface area contributed by atoms with Gasteiger partial charge in [-0.2, -0.15) is 10.2 Å². The molecule has 63 heavy (non-hydrogen) atoms. The van der Waals surface area contributed by atoms with E-state index < -0.39 is 0 Å². The van der Waals surface area contributed by atoms with E-state index in [4.69, 9.17) is 30.1 Å². The summed E-state index contributed by atoms with van der Waals surface area (Å²) in [6, 6.07) is 23.1. The molecule has 0 saturated carbocycles. The highest BCUT2D eigenvalue weighted by atomic mass is 15.2. The molecular formula is C48H45N15. The number of para-hydroxylation sites is 2. The van der Waals surface area contributed by atoms with Gasteiger partial charge in [-0.25, -0.2) is 9.97 Å². The number of hydrogen-bond donors (Lipinski definition) is 4. The molecule has 2 aliphatic rings. The second-order valence-corrected chi connectivity index (χ2v) is 17.0. The zero-order valence-corrected chi connectivity index (χ0v) is 35.1. The molecule has 10 aromatic rings. The summed E-state index contributed by atoms with van der Waals surface area (Å²) < 4.78 is 0. The van der Waals surface area contributed by atoms with Gasteiger partial charge < -0.3 is 24.7 Å². The van der Waals surface area contributed by atoms with Crippen LogP contribution in [0.3, 0.4) is 0 Å². The molecule has 0 bridgehead atoms. The van der Waals surface area contributed by atoms with E-state index in [2.05, 4.69) is 101 Å². The molecule has 1 unspecified atom stereocenters. The Morgan fingerprint density at radius 2 is 1.38 bits per heavy atom. The second-order valence-electron chi connectivity index (χ2n) is 17.0. The summed E-state index contributed by atoms with van der Waals surface area (Å²) in [6.07, 6.45) is 14.8. The Kier molecular flexibility index (Phi) is 8.86. The van der Waals surface area contributed by atoms with Gasteiger partial charge in [0.15, 0.2) is 11.6 Å². The van der Waals surface area contributed by atoms with Gasteiger partial charge in [-0.05, 0) is 86.7 Å². The Balaban J connectivity index is 0.902. The first-order chi connectivity index (χ1) is 31.0. The number of aromatic nitrogens is 12. The van der Waals surface area contributed by atoms with Crippen molar-refractivity contribution in [2.45, 2.75) is 38.0 Å². The fourth-order valence-electron chi connectivity index (χ4n) is 9.56. The van der Waals surface area contributed by atoms with Crippen LogP contribution in [0.25, 0.3) is 89.4 Å². The SMILES string of the molecule is CN(C)c1cncc(-c2cc3c(-c4nc5c(N6CCCC(c7nc(-c8cccnc8)cc8c(-c9nc%10c(N%11CCCCC%11)cccc%10[nH]9)[nH]nc78)C6)cccc5[nH]4)n[nH]c3cn2)c1. The van der Waals surface area contributed by atoms with Crippen LogP contribution in [-0.4, -0.2) is 101 Å². The van der Waals surface area contributed by atoms with Crippen molar-refractivity contribution in [3.8, 4) is 45.6 Å². The molecule has 0 amide bonds. The van der Waals surface area contributed by atoms with E-state index in [0.29, 0.717) is 5.82 Å². The van der Waals surface area contributed by atoms with Crippen LogP contribution < -0.4 is 14.7 Å². The van der Waals surface area contributed by atoms with Crippen molar-refractivity contribution in [3.63, 3.8) is 0 Å². The molecule has 2 saturated heterocycles. The zero-order chi connectivity index (χ0) is 42.0. The van der Waals surface area contributed by atoms with Gasteiger partial charge in [-0.1, -0.05) is 12.1 Å². The standard InChI is InChI=1S/C48H45N15/c1-61(2)31-20-30(24-50-25-31)36-21-32-38(26-51-36)57-59-43(32)47-53-35-13-7-15-40(46(35)56-47)63-19-9-11-29(27-63)41-42-33(22-37(52-41)28-10-8-16-49-23-28)44(60-58-42)48-54-34-12-6-14-39(45(34)55-48)62-17-4-3-5-18-62/h6-8,10,12-16,20-26,29H,3-5,9,11,17-19,27H2,1-2H3,(H,53,56)(H,54,55)(H,57,59)(H,58,60). The molecular weight excluding hydrogens is 787 g/mol. The van der Waals surface area contributed by atoms with Crippen molar-refractivity contribution in [1.82, 2.24) is 60.3 Å². The van der Waals surface area contributed by atoms with Crippen LogP contribution in [0, 0.1) is 0 Å². The molecule has 10 heterocycles. The minimum Gasteiger partial charge on any atom is -0.376 e. The number of benzene rings is 2. The average molecular weight is 832 g/mol. The number of anilines is 3. The highest BCUT2D eigenvalue weighted by Gasteiger charge is 2.29. The van der Waals surface area contributed by atoms with E-state index in [-0.39, 0.29) is 5.92 Å². The van der Waals surface area contributed by atoms with Crippen molar-refractivity contribution in [3.05, 3.63) is 103 Å². The van der Waals surface area contributed by atoms with Gasteiger partial charge in [0, 0.05) is 86.7 Å². The normalized spacial score (nSPS) is 15.9. The molecule has 312 valence electrons. The lowest BCUT2D eigenvalue weighted by Gasteiger charge is -2.34. The van der Waals surface area contributed by atoms with E-state index in [1.54, 1.807) is 6.20 Å². The molecule has 4 N–H and O–H groups in total. The Morgan fingerprint density at radius 3 is 2.19 bits per heavy atom. The number of pyridine rings is 4. The van der Waals surface area contributed by atoms with Gasteiger partial charge in [0.05, 0.1) is 63.1 Å². The van der Waals surface area contributed by atoms with Crippen LogP contribution in [0.15, 0.2) is 97.7 Å². The lowest BCUT2D eigenvalue weighted by Crippen LogP contribution is -2.35. The van der Waals surface area contributed by atoms with Gasteiger partial charge >= 0.3 is 0 Å². The molecule has 0 aliphatic carbocycles.